The Hall–Kier alpha value is -3.05. The lowest BCUT2D eigenvalue weighted by Gasteiger charge is -2.22. The smallest absolute Gasteiger partial charge is 0.259 e. The molecule has 0 atom stereocenters. The molecule has 2 aromatic carbocycles. The molecule has 0 fully saturated rings. The van der Waals surface area contributed by atoms with Crippen molar-refractivity contribution < 1.29 is 4.79 Å². The first kappa shape index (κ1) is 20.2. The average molecular weight is 416 g/mol. The Labute approximate surface area is 182 Å². The van der Waals surface area contributed by atoms with E-state index in [1.165, 1.54) is 0 Å². The lowest BCUT2D eigenvalue weighted by molar-refractivity contribution is 0.0987. The van der Waals surface area contributed by atoms with E-state index in [-0.39, 0.29) is 5.91 Å². The van der Waals surface area contributed by atoms with Gasteiger partial charge in [0.25, 0.3) is 5.91 Å². The maximum Gasteiger partial charge on any atom is 0.259 e. The van der Waals surface area contributed by atoms with Crippen molar-refractivity contribution in [1.82, 2.24) is 4.98 Å². The molecule has 1 aliphatic rings. The minimum Gasteiger partial charge on any atom is -0.340 e. The number of unbranched alkanes of at least 4 members (excludes halogenated alkanes) is 1. The molecule has 152 valence electrons. The van der Waals surface area contributed by atoms with Crippen LogP contribution in [0.25, 0.3) is 0 Å². The van der Waals surface area contributed by atoms with E-state index >= 15 is 0 Å². The van der Waals surface area contributed by atoms with Crippen molar-refractivity contribution in [1.29, 1.82) is 0 Å². The minimum absolute atomic E-state index is 0.0408. The molecule has 3 aromatic rings. The van der Waals surface area contributed by atoms with Crippen LogP contribution in [0, 0.1) is 6.92 Å². The second-order valence-corrected chi connectivity index (χ2v) is 8.38. The molecule has 30 heavy (non-hydrogen) atoms. The van der Waals surface area contributed by atoms with Gasteiger partial charge in [-0.25, -0.2) is 4.98 Å². The number of rotatable bonds is 6. The number of aryl methyl sites for hydroxylation is 1. The molecule has 5 heteroatoms. The number of carbonyl (C=O) groups is 1. The van der Waals surface area contributed by atoms with Gasteiger partial charge in [-0.05, 0) is 61.4 Å². The Morgan fingerprint density at radius 2 is 1.93 bits per heavy atom. The van der Waals surface area contributed by atoms with Crippen LogP contribution in [0.1, 0.15) is 35.7 Å². The predicted octanol–water partition coefficient (Wildman–Crippen LogP) is 6.60. The fraction of sp³-hybridized carbons (Fsp3) is 0.200. The van der Waals surface area contributed by atoms with Gasteiger partial charge in [0.1, 0.15) is 5.82 Å². The minimum atomic E-state index is 0.0408. The monoisotopic (exact) mass is 415 g/mol. The highest BCUT2D eigenvalue weighted by atomic mass is 32.2. The first-order valence-electron chi connectivity index (χ1n) is 10.2. The van der Waals surface area contributed by atoms with Crippen molar-refractivity contribution in [2.24, 2.45) is 0 Å². The Morgan fingerprint density at radius 3 is 2.77 bits per heavy atom. The van der Waals surface area contributed by atoms with Gasteiger partial charge in [0, 0.05) is 28.2 Å². The lowest BCUT2D eigenvalue weighted by Crippen LogP contribution is -2.31. The molecule has 1 aromatic heterocycles. The zero-order valence-electron chi connectivity index (χ0n) is 17.3. The average Bonchev–Trinajstić information content (AvgIpc) is 2.85. The number of fused-ring (bicyclic) bond motifs is 2. The van der Waals surface area contributed by atoms with E-state index in [4.69, 9.17) is 0 Å². The SMILES string of the molecule is CCC/C=C/CN1C(=O)c2ccccc2Sc2cc(Nc3cc(C)ccn3)ccc21. The fourth-order valence-electron chi connectivity index (χ4n) is 3.40. The number of amides is 1. The normalized spacial score (nSPS) is 13.1. The summed E-state index contributed by atoms with van der Waals surface area (Å²) in [7, 11) is 0. The Kier molecular flexibility index (Phi) is 6.19. The summed E-state index contributed by atoms with van der Waals surface area (Å²) in [6.45, 7) is 4.76. The lowest BCUT2D eigenvalue weighted by atomic mass is 10.1. The van der Waals surface area contributed by atoms with Crippen molar-refractivity contribution in [2.45, 2.75) is 36.5 Å². The van der Waals surface area contributed by atoms with Crippen molar-refractivity contribution in [2.75, 3.05) is 16.8 Å². The van der Waals surface area contributed by atoms with E-state index in [1.807, 2.05) is 60.4 Å². The summed E-state index contributed by atoms with van der Waals surface area (Å²) in [6.07, 6.45) is 8.16. The number of aromatic nitrogens is 1. The van der Waals surface area contributed by atoms with Crippen molar-refractivity contribution in [3.63, 3.8) is 0 Å². The Balaban J connectivity index is 1.71. The number of allylic oxidation sites excluding steroid dienone is 1. The molecule has 0 saturated heterocycles. The molecule has 0 spiro atoms. The summed E-state index contributed by atoms with van der Waals surface area (Å²) in [4.78, 5) is 21.6. The molecule has 1 amide bonds. The van der Waals surface area contributed by atoms with Gasteiger partial charge in [-0.1, -0.05) is 49.4 Å². The van der Waals surface area contributed by atoms with Gasteiger partial charge in [-0.3, -0.25) is 4.79 Å². The van der Waals surface area contributed by atoms with Crippen LogP contribution in [-0.2, 0) is 0 Å². The molecule has 2 heterocycles. The maximum absolute atomic E-state index is 13.3. The van der Waals surface area contributed by atoms with E-state index in [9.17, 15) is 4.79 Å². The summed E-state index contributed by atoms with van der Waals surface area (Å²) in [5.74, 6) is 0.850. The molecule has 1 aliphatic heterocycles. The van der Waals surface area contributed by atoms with Gasteiger partial charge < -0.3 is 10.2 Å². The second kappa shape index (κ2) is 9.18. The summed E-state index contributed by atoms with van der Waals surface area (Å²) in [5.41, 5.74) is 3.79. The first-order valence-corrected chi connectivity index (χ1v) is 11.0. The van der Waals surface area contributed by atoms with E-state index in [2.05, 4.69) is 35.4 Å². The third kappa shape index (κ3) is 4.41. The number of nitrogens with one attached hydrogen (secondary N) is 1. The highest BCUT2D eigenvalue weighted by Gasteiger charge is 2.26. The summed E-state index contributed by atoms with van der Waals surface area (Å²) < 4.78 is 0. The number of carbonyl (C=O) groups excluding carboxylic acids is 1. The summed E-state index contributed by atoms with van der Waals surface area (Å²) in [5, 5.41) is 3.38. The third-order valence-corrected chi connectivity index (χ3v) is 6.05. The van der Waals surface area contributed by atoms with Crippen LogP contribution >= 0.6 is 11.8 Å². The number of pyridine rings is 1. The zero-order valence-corrected chi connectivity index (χ0v) is 18.1. The molecule has 0 radical (unpaired) electrons. The molecule has 1 N–H and O–H groups in total. The van der Waals surface area contributed by atoms with Crippen LogP contribution in [0.2, 0.25) is 0 Å². The zero-order chi connectivity index (χ0) is 20.9. The topological polar surface area (TPSA) is 45.2 Å². The first-order chi connectivity index (χ1) is 14.7. The van der Waals surface area contributed by atoms with E-state index in [0.29, 0.717) is 6.54 Å². The number of hydrogen-bond donors (Lipinski definition) is 1. The van der Waals surface area contributed by atoms with Gasteiger partial charge in [-0.15, -0.1) is 0 Å². The van der Waals surface area contributed by atoms with E-state index in [1.54, 1.807) is 18.0 Å². The molecule has 4 nitrogen and oxygen atoms in total. The quantitative estimate of drug-likeness (QED) is 0.461. The van der Waals surface area contributed by atoms with Crippen molar-refractivity contribution in [3.8, 4) is 0 Å². The second-order valence-electron chi connectivity index (χ2n) is 7.30. The van der Waals surface area contributed by atoms with Crippen LogP contribution in [0.3, 0.4) is 0 Å². The number of nitrogens with zero attached hydrogens (tertiary/aromatic N) is 2. The van der Waals surface area contributed by atoms with Gasteiger partial charge in [-0.2, -0.15) is 0 Å². The van der Waals surface area contributed by atoms with Crippen LogP contribution in [0.5, 0.6) is 0 Å². The van der Waals surface area contributed by atoms with Crippen molar-refractivity contribution in [3.05, 3.63) is 84.1 Å². The van der Waals surface area contributed by atoms with Gasteiger partial charge >= 0.3 is 0 Å². The molecule has 0 bridgehead atoms. The van der Waals surface area contributed by atoms with Crippen molar-refractivity contribution >= 4 is 34.9 Å². The Morgan fingerprint density at radius 1 is 1.07 bits per heavy atom. The van der Waals surface area contributed by atoms with Crippen LogP contribution in [0.4, 0.5) is 17.2 Å². The number of benzene rings is 2. The molecule has 0 unspecified atom stereocenters. The molecule has 0 saturated carbocycles. The summed E-state index contributed by atoms with van der Waals surface area (Å²) >= 11 is 1.64. The fourth-order valence-corrected chi connectivity index (χ4v) is 4.52. The third-order valence-electron chi connectivity index (χ3n) is 4.93. The standard InChI is InChI=1S/C25H25N3OS/c1-3-4-5-8-15-28-21-12-11-19(27-24-16-18(2)13-14-26-24)17-23(21)30-22-10-7-6-9-20(22)25(28)29/h5-14,16-17H,3-4,15H2,1-2H3,(H,26,27)/b8-5+. The van der Waals surface area contributed by atoms with Gasteiger partial charge in [0.05, 0.1) is 11.3 Å². The molecular formula is C25H25N3OS. The van der Waals surface area contributed by atoms with Gasteiger partial charge in [0.15, 0.2) is 0 Å². The van der Waals surface area contributed by atoms with E-state index < -0.39 is 0 Å². The van der Waals surface area contributed by atoms with Gasteiger partial charge in [0.2, 0.25) is 0 Å². The van der Waals surface area contributed by atoms with Crippen LogP contribution in [0.15, 0.2) is 82.7 Å². The molecule has 0 aliphatic carbocycles. The van der Waals surface area contributed by atoms with E-state index in [0.717, 1.165) is 51.0 Å². The maximum atomic E-state index is 13.3. The predicted molar refractivity (Wildman–Crippen MR) is 125 cm³/mol. The molecular weight excluding hydrogens is 390 g/mol. The largest absolute Gasteiger partial charge is 0.340 e. The summed E-state index contributed by atoms with van der Waals surface area (Å²) in [6, 6.07) is 18.0. The number of anilines is 3. The Bertz CT molecular complexity index is 1090. The van der Waals surface area contributed by atoms with Crippen LogP contribution in [-0.4, -0.2) is 17.4 Å². The number of hydrogen-bond acceptors (Lipinski definition) is 4. The highest BCUT2D eigenvalue weighted by molar-refractivity contribution is 7.99. The molecule has 4 rings (SSSR count). The van der Waals surface area contributed by atoms with Crippen LogP contribution < -0.4 is 10.2 Å². The highest BCUT2D eigenvalue weighted by Crippen LogP contribution is 2.42.